The molecule has 0 radical (unpaired) electrons. The van der Waals surface area contributed by atoms with Gasteiger partial charge in [-0.05, 0) is 18.9 Å². The molecule has 2 aliphatic heterocycles. The van der Waals surface area contributed by atoms with E-state index in [1.165, 1.54) is 0 Å². The average molecular weight is 368 g/mol. The molecule has 0 unspecified atom stereocenters. The third kappa shape index (κ3) is 3.99. The van der Waals surface area contributed by atoms with Crippen LogP contribution < -0.4 is 15.8 Å². The zero-order valence-electron chi connectivity index (χ0n) is 13.9. The second-order valence-corrected chi connectivity index (χ2v) is 6.87. The Bertz CT molecular complexity index is 687. The molecule has 0 bridgehead atoms. The normalized spacial score (nSPS) is 17.8. The van der Waals surface area contributed by atoms with Gasteiger partial charge in [0.05, 0.1) is 29.3 Å². The van der Waals surface area contributed by atoms with E-state index in [0.717, 1.165) is 31.5 Å². The monoisotopic (exact) mass is 367 g/mol. The number of anilines is 1. The van der Waals surface area contributed by atoms with Crippen LogP contribution in [-0.4, -0.2) is 54.2 Å². The molecule has 8 heteroatoms. The molecule has 0 aromatic heterocycles. The SMILES string of the molecule is Nc1c(Cl)cc(C(=O)NC2CCN(CCC(=O)O)CC2)c2c1CCO2. The number of benzene rings is 1. The van der Waals surface area contributed by atoms with Crippen molar-refractivity contribution in [2.45, 2.75) is 31.7 Å². The van der Waals surface area contributed by atoms with Gasteiger partial charge in [-0.1, -0.05) is 11.6 Å². The third-order valence-electron chi connectivity index (χ3n) is 4.78. The van der Waals surface area contributed by atoms with Crippen molar-refractivity contribution in [3.63, 3.8) is 0 Å². The maximum atomic E-state index is 12.7. The van der Waals surface area contributed by atoms with E-state index in [-0.39, 0.29) is 18.4 Å². The van der Waals surface area contributed by atoms with Crippen molar-refractivity contribution < 1.29 is 19.4 Å². The fourth-order valence-electron chi connectivity index (χ4n) is 3.35. The van der Waals surface area contributed by atoms with Gasteiger partial charge in [0.1, 0.15) is 5.75 Å². The zero-order chi connectivity index (χ0) is 18.0. The van der Waals surface area contributed by atoms with Gasteiger partial charge in [-0.15, -0.1) is 0 Å². The van der Waals surface area contributed by atoms with Crippen LogP contribution in [0.1, 0.15) is 35.2 Å². The number of ether oxygens (including phenoxy) is 1. The van der Waals surface area contributed by atoms with Gasteiger partial charge in [-0.2, -0.15) is 0 Å². The summed E-state index contributed by atoms with van der Waals surface area (Å²) in [5, 5.41) is 12.2. The highest BCUT2D eigenvalue weighted by molar-refractivity contribution is 6.33. The predicted octanol–water partition coefficient (Wildman–Crippen LogP) is 1.53. The Hall–Kier alpha value is -1.99. The number of nitrogens with zero attached hydrogens (tertiary/aromatic N) is 1. The average Bonchev–Trinajstić information content (AvgIpc) is 3.07. The number of aliphatic carboxylic acids is 1. The van der Waals surface area contributed by atoms with Crippen LogP contribution in [0.2, 0.25) is 5.02 Å². The van der Waals surface area contributed by atoms with Gasteiger partial charge in [0.15, 0.2) is 0 Å². The van der Waals surface area contributed by atoms with Crippen LogP contribution in [-0.2, 0) is 11.2 Å². The Kier molecular flexibility index (Phi) is 5.34. The first-order valence-corrected chi connectivity index (χ1v) is 8.82. The van der Waals surface area contributed by atoms with Crippen LogP contribution in [0.3, 0.4) is 0 Å². The minimum absolute atomic E-state index is 0.0574. The number of hydrogen-bond acceptors (Lipinski definition) is 5. The van der Waals surface area contributed by atoms with E-state index in [2.05, 4.69) is 10.2 Å². The number of piperidine rings is 1. The number of likely N-dealkylation sites (tertiary alicyclic amines) is 1. The Morgan fingerprint density at radius 1 is 1.40 bits per heavy atom. The lowest BCUT2D eigenvalue weighted by Crippen LogP contribution is -2.45. The number of nitrogen functional groups attached to an aromatic ring is 1. The number of fused-ring (bicyclic) bond motifs is 1. The molecule has 3 rings (SSSR count). The summed E-state index contributed by atoms with van der Waals surface area (Å²) in [5.74, 6) is -0.452. The standard InChI is InChI=1S/C17H22ClN3O4/c18-13-9-12(16-11(15(13)19)4-8-25-16)17(24)20-10-1-5-21(6-2-10)7-3-14(22)23/h9-10H,1-8,19H2,(H,20,24)(H,22,23). The lowest BCUT2D eigenvalue weighted by molar-refractivity contribution is -0.137. The molecule has 0 saturated carbocycles. The summed E-state index contributed by atoms with van der Waals surface area (Å²) < 4.78 is 5.58. The number of hydrogen-bond donors (Lipinski definition) is 3. The molecule has 1 amide bonds. The van der Waals surface area contributed by atoms with Crippen molar-refractivity contribution in [1.82, 2.24) is 10.2 Å². The van der Waals surface area contributed by atoms with Crippen LogP contribution in [0.5, 0.6) is 5.75 Å². The molecule has 25 heavy (non-hydrogen) atoms. The first-order chi connectivity index (χ1) is 12.0. The Balaban J connectivity index is 1.60. The number of carbonyl (C=O) groups is 2. The van der Waals surface area contributed by atoms with Gasteiger partial charge in [0, 0.05) is 37.7 Å². The molecule has 0 aliphatic carbocycles. The molecule has 1 aromatic carbocycles. The van der Waals surface area contributed by atoms with Crippen molar-refractivity contribution in [3.8, 4) is 5.75 Å². The number of nitrogens with one attached hydrogen (secondary N) is 1. The second kappa shape index (κ2) is 7.49. The highest BCUT2D eigenvalue weighted by Crippen LogP contribution is 2.38. The third-order valence-corrected chi connectivity index (χ3v) is 5.09. The number of amides is 1. The van der Waals surface area contributed by atoms with Crippen molar-refractivity contribution in [3.05, 3.63) is 22.2 Å². The van der Waals surface area contributed by atoms with E-state index < -0.39 is 5.97 Å². The molecule has 1 fully saturated rings. The number of carboxylic acids is 1. The summed E-state index contributed by atoms with van der Waals surface area (Å²) in [6, 6.07) is 1.63. The number of halogens is 1. The molecule has 1 aromatic rings. The highest BCUT2D eigenvalue weighted by Gasteiger charge is 2.27. The van der Waals surface area contributed by atoms with Crippen LogP contribution in [0, 0.1) is 0 Å². The van der Waals surface area contributed by atoms with Gasteiger partial charge in [-0.25, -0.2) is 0 Å². The molecule has 1 saturated heterocycles. The van der Waals surface area contributed by atoms with Crippen LogP contribution in [0.25, 0.3) is 0 Å². The molecule has 0 spiro atoms. The Morgan fingerprint density at radius 2 is 2.12 bits per heavy atom. The van der Waals surface area contributed by atoms with Gasteiger partial charge in [0.25, 0.3) is 5.91 Å². The molecule has 2 aliphatic rings. The maximum Gasteiger partial charge on any atom is 0.304 e. The van der Waals surface area contributed by atoms with E-state index in [1.54, 1.807) is 6.07 Å². The van der Waals surface area contributed by atoms with Crippen molar-refractivity contribution >= 4 is 29.2 Å². The van der Waals surface area contributed by atoms with Crippen LogP contribution >= 0.6 is 11.6 Å². The van der Waals surface area contributed by atoms with Crippen LogP contribution in [0.15, 0.2) is 6.07 Å². The van der Waals surface area contributed by atoms with E-state index in [1.807, 2.05) is 0 Å². The summed E-state index contributed by atoms with van der Waals surface area (Å²) >= 11 is 6.15. The van der Waals surface area contributed by atoms with Crippen molar-refractivity contribution in [2.75, 3.05) is 32.0 Å². The zero-order valence-corrected chi connectivity index (χ0v) is 14.6. The summed E-state index contributed by atoms with van der Waals surface area (Å²) in [5.41, 5.74) is 7.68. The molecule has 136 valence electrons. The largest absolute Gasteiger partial charge is 0.492 e. The first kappa shape index (κ1) is 17.8. The summed E-state index contributed by atoms with van der Waals surface area (Å²) in [6.07, 6.45) is 2.38. The first-order valence-electron chi connectivity index (χ1n) is 8.44. The van der Waals surface area contributed by atoms with Gasteiger partial charge in [0.2, 0.25) is 0 Å². The minimum Gasteiger partial charge on any atom is -0.492 e. The topological polar surface area (TPSA) is 105 Å². The lowest BCUT2D eigenvalue weighted by atomic mass is 10.0. The highest BCUT2D eigenvalue weighted by atomic mass is 35.5. The number of nitrogens with two attached hydrogens (primary N) is 1. The Labute approximate surface area is 151 Å². The quantitative estimate of drug-likeness (QED) is 0.681. The van der Waals surface area contributed by atoms with Gasteiger partial charge in [-0.3, -0.25) is 9.59 Å². The van der Waals surface area contributed by atoms with Crippen molar-refractivity contribution in [2.24, 2.45) is 0 Å². The number of carbonyl (C=O) groups excluding carboxylic acids is 1. The van der Waals surface area contributed by atoms with E-state index >= 15 is 0 Å². The minimum atomic E-state index is -0.787. The molecular formula is C17H22ClN3O4. The van der Waals surface area contributed by atoms with E-state index in [9.17, 15) is 9.59 Å². The second-order valence-electron chi connectivity index (χ2n) is 6.46. The smallest absolute Gasteiger partial charge is 0.304 e. The Morgan fingerprint density at radius 3 is 2.80 bits per heavy atom. The number of rotatable bonds is 5. The summed E-state index contributed by atoms with van der Waals surface area (Å²) in [7, 11) is 0. The molecule has 4 N–H and O–H groups in total. The van der Waals surface area contributed by atoms with Gasteiger partial charge < -0.3 is 25.8 Å². The summed E-state index contributed by atoms with van der Waals surface area (Å²) in [4.78, 5) is 25.4. The fourth-order valence-corrected chi connectivity index (χ4v) is 3.58. The van der Waals surface area contributed by atoms with Gasteiger partial charge >= 0.3 is 5.97 Å². The maximum absolute atomic E-state index is 12.7. The van der Waals surface area contributed by atoms with Crippen molar-refractivity contribution in [1.29, 1.82) is 0 Å². The van der Waals surface area contributed by atoms with E-state index in [4.69, 9.17) is 27.2 Å². The lowest BCUT2D eigenvalue weighted by Gasteiger charge is -2.32. The molecule has 2 heterocycles. The van der Waals surface area contributed by atoms with E-state index in [0.29, 0.717) is 41.6 Å². The molecule has 0 atom stereocenters. The summed E-state index contributed by atoms with van der Waals surface area (Å²) in [6.45, 7) is 2.59. The number of carboxylic acid groups (broad SMARTS) is 1. The predicted molar refractivity (Wildman–Crippen MR) is 94.2 cm³/mol. The molecule has 7 nitrogen and oxygen atoms in total. The molecular weight excluding hydrogens is 346 g/mol. The van der Waals surface area contributed by atoms with Crippen LogP contribution in [0.4, 0.5) is 5.69 Å². The fraction of sp³-hybridized carbons (Fsp3) is 0.529.